The minimum absolute atomic E-state index is 0.0674. The van der Waals surface area contributed by atoms with Crippen LogP contribution < -0.4 is 5.32 Å². The topological polar surface area (TPSA) is 91.6 Å². The highest BCUT2D eigenvalue weighted by Gasteiger charge is 2.56. The molecule has 1 saturated carbocycles. The lowest BCUT2D eigenvalue weighted by molar-refractivity contribution is -0.132. The zero-order valence-corrected chi connectivity index (χ0v) is 14.3. The molecular formula is C16H23N5O3. The summed E-state index contributed by atoms with van der Waals surface area (Å²) in [7, 11) is 0. The van der Waals surface area contributed by atoms with Crippen molar-refractivity contribution in [1.29, 1.82) is 0 Å². The van der Waals surface area contributed by atoms with Crippen molar-refractivity contribution in [2.24, 2.45) is 0 Å². The summed E-state index contributed by atoms with van der Waals surface area (Å²) in [6.45, 7) is 6.89. The molecule has 2 saturated heterocycles. The lowest BCUT2D eigenvalue weighted by atomic mass is 9.98. The molecule has 3 aliphatic rings. The number of amides is 3. The molecule has 8 heteroatoms. The van der Waals surface area contributed by atoms with Gasteiger partial charge in [0.25, 0.3) is 5.91 Å². The fourth-order valence-corrected chi connectivity index (χ4v) is 3.64. The molecular weight excluding hydrogens is 310 g/mol. The quantitative estimate of drug-likeness (QED) is 0.838. The summed E-state index contributed by atoms with van der Waals surface area (Å²) in [4.78, 5) is 32.9. The summed E-state index contributed by atoms with van der Waals surface area (Å²) in [5.41, 5.74) is -0.811. The molecule has 1 aliphatic carbocycles. The molecule has 2 aliphatic heterocycles. The van der Waals surface area contributed by atoms with Crippen LogP contribution in [0.1, 0.15) is 63.7 Å². The molecule has 1 spiro atoms. The van der Waals surface area contributed by atoms with Gasteiger partial charge in [0, 0.05) is 25.0 Å². The Bertz CT molecular complexity index is 683. The van der Waals surface area contributed by atoms with E-state index in [1.807, 2.05) is 20.8 Å². The maximum atomic E-state index is 12.8. The van der Waals surface area contributed by atoms with Crippen LogP contribution in [0.15, 0.2) is 4.52 Å². The van der Waals surface area contributed by atoms with E-state index in [-0.39, 0.29) is 24.0 Å². The number of imide groups is 1. The third-order valence-electron chi connectivity index (χ3n) is 5.31. The number of nitrogens with zero attached hydrogens (tertiary/aromatic N) is 4. The minimum atomic E-state index is -0.811. The summed E-state index contributed by atoms with van der Waals surface area (Å²) >= 11 is 0. The lowest BCUT2D eigenvalue weighted by Crippen LogP contribution is -2.49. The van der Waals surface area contributed by atoms with Crippen molar-refractivity contribution in [1.82, 2.24) is 25.3 Å². The van der Waals surface area contributed by atoms with Crippen molar-refractivity contribution in [3.8, 4) is 0 Å². The SMILES string of the molecule is CC(C)N1C(=O)N[C@@]2(CCN([C@@H](C)c3nc(C4CC4)no3)C2)C1=O. The van der Waals surface area contributed by atoms with Gasteiger partial charge >= 0.3 is 6.03 Å². The Kier molecular flexibility index (Phi) is 3.42. The average Bonchev–Trinajstić information content (AvgIpc) is 3.02. The minimum Gasteiger partial charge on any atom is -0.338 e. The van der Waals surface area contributed by atoms with E-state index < -0.39 is 5.54 Å². The number of carbonyl (C=O) groups is 2. The molecule has 3 amide bonds. The summed E-state index contributed by atoms with van der Waals surface area (Å²) in [5, 5.41) is 6.97. The largest absolute Gasteiger partial charge is 0.338 e. The van der Waals surface area contributed by atoms with Gasteiger partial charge in [0.15, 0.2) is 5.82 Å². The standard InChI is InChI=1S/C16H23N5O3/c1-9(2)21-14(22)16(18-15(21)23)6-7-20(8-16)10(3)13-17-12(19-24-13)11-4-5-11/h9-11H,4-8H2,1-3H3,(H,18,23)/t10-,16+/m0/s1. The zero-order chi connectivity index (χ0) is 17.1. The first kappa shape index (κ1) is 15.6. The molecule has 2 atom stereocenters. The molecule has 1 N–H and O–H groups in total. The van der Waals surface area contributed by atoms with Crippen molar-refractivity contribution >= 4 is 11.9 Å². The van der Waals surface area contributed by atoms with Gasteiger partial charge in [0.05, 0.1) is 6.04 Å². The first-order valence-electron chi connectivity index (χ1n) is 8.64. The number of rotatable bonds is 4. The number of hydrogen-bond donors (Lipinski definition) is 1. The van der Waals surface area contributed by atoms with Crippen LogP contribution in [0.4, 0.5) is 4.79 Å². The Labute approximate surface area is 140 Å². The van der Waals surface area contributed by atoms with Crippen LogP contribution in [0.25, 0.3) is 0 Å². The molecule has 0 aromatic carbocycles. The summed E-state index contributed by atoms with van der Waals surface area (Å²) in [5.74, 6) is 1.71. The molecule has 1 aromatic heterocycles. The van der Waals surface area contributed by atoms with E-state index in [2.05, 4.69) is 20.4 Å². The summed E-state index contributed by atoms with van der Waals surface area (Å²) in [6.07, 6.45) is 2.87. The van der Waals surface area contributed by atoms with Gasteiger partial charge in [-0.15, -0.1) is 0 Å². The Balaban J connectivity index is 1.49. The van der Waals surface area contributed by atoms with Crippen molar-refractivity contribution in [3.05, 3.63) is 11.7 Å². The van der Waals surface area contributed by atoms with Crippen LogP contribution in [-0.2, 0) is 4.79 Å². The van der Waals surface area contributed by atoms with Crippen LogP contribution in [0.2, 0.25) is 0 Å². The second kappa shape index (κ2) is 5.27. The average molecular weight is 333 g/mol. The van der Waals surface area contributed by atoms with Crippen molar-refractivity contribution in [3.63, 3.8) is 0 Å². The summed E-state index contributed by atoms with van der Waals surface area (Å²) in [6, 6.07) is -0.499. The Hall–Kier alpha value is -1.96. The fraction of sp³-hybridized carbons (Fsp3) is 0.750. The Morgan fingerprint density at radius 2 is 2.04 bits per heavy atom. The van der Waals surface area contributed by atoms with E-state index in [1.165, 1.54) is 4.90 Å². The third kappa shape index (κ3) is 2.31. The second-order valence-corrected chi connectivity index (χ2v) is 7.44. The van der Waals surface area contributed by atoms with Gasteiger partial charge in [0.2, 0.25) is 5.89 Å². The summed E-state index contributed by atoms with van der Waals surface area (Å²) < 4.78 is 5.41. The molecule has 24 heavy (non-hydrogen) atoms. The fourth-order valence-electron chi connectivity index (χ4n) is 3.64. The van der Waals surface area contributed by atoms with Gasteiger partial charge in [-0.3, -0.25) is 14.6 Å². The smallest absolute Gasteiger partial charge is 0.325 e. The second-order valence-electron chi connectivity index (χ2n) is 7.44. The van der Waals surface area contributed by atoms with Crippen molar-refractivity contribution < 1.29 is 14.1 Å². The van der Waals surface area contributed by atoms with Crippen LogP contribution >= 0.6 is 0 Å². The van der Waals surface area contributed by atoms with Gasteiger partial charge in [-0.05, 0) is 40.0 Å². The number of aromatic nitrogens is 2. The number of hydrogen-bond acceptors (Lipinski definition) is 6. The van der Waals surface area contributed by atoms with E-state index in [0.29, 0.717) is 31.3 Å². The van der Waals surface area contributed by atoms with Gasteiger partial charge in [-0.25, -0.2) is 4.79 Å². The molecule has 3 fully saturated rings. The van der Waals surface area contributed by atoms with Gasteiger partial charge in [-0.2, -0.15) is 4.98 Å². The number of carbonyl (C=O) groups excluding carboxylic acids is 2. The maximum absolute atomic E-state index is 12.8. The molecule has 0 unspecified atom stereocenters. The van der Waals surface area contributed by atoms with E-state index >= 15 is 0 Å². The first-order valence-corrected chi connectivity index (χ1v) is 8.64. The molecule has 0 radical (unpaired) electrons. The highest BCUT2D eigenvalue weighted by molar-refractivity contribution is 6.07. The van der Waals surface area contributed by atoms with Crippen molar-refractivity contribution in [2.45, 2.75) is 63.6 Å². The van der Waals surface area contributed by atoms with E-state index in [4.69, 9.17) is 4.52 Å². The maximum Gasteiger partial charge on any atom is 0.325 e. The van der Waals surface area contributed by atoms with Crippen LogP contribution in [0.5, 0.6) is 0 Å². The molecule has 1 aromatic rings. The number of nitrogens with one attached hydrogen (secondary N) is 1. The molecule has 8 nitrogen and oxygen atoms in total. The molecule has 4 rings (SSSR count). The lowest BCUT2D eigenvalue weighted by Gasteiger charge is -2.25. The van der Waals surface area contributed by atoms with Crippen LogP contribution in [-0.4, -0.2) is 56.5 Å². The highest BCUT2D eigenvalue weighted by atomic mass is 16.5. The van der Waals surface area contributed by atoms with E-state index in [1.54, 1.807) is 0 Å². The molecule has 130 valence electrons. The van der Waals surface area contributed by atoms with Gasteiger partial charge in [-0.1, -0.05) is 5.16 Å². The number of likely N-dealkylation sites (tertiary alicyclic amines) is 1. The predicted octanol–water partition coefficient (Wildman–Crippen LogP) is 1.41. The first-order chi connectivity index (χ1) is 11.4. The normalized spacial score (nSPS) is 29.1. The van der Waals surface area contributed by atoms with E-state index in [9.17, 15) is 9.59 Å². The van der Waals surface area contributed by atoms with Gasteiger partial charge < -0.3 is 9.84 Å². The Morgan fingerprint density at radius 3 is 2.67 bits per heavy atom. The zero-order valence-electron chi connectivity index (χ0n) is 14.3. The van der Waals surface area contributed by atoms with Crippen LogP contribution in [0.3, 0.4) is 0 Å². The monoisotopic (exact) mass is 333 g/mol. The highest BCUT2D eigenvalue weighted by Crippen LogP contribution is 2.39. The molecule has 0 bridgehead atoms. The Morgan fingerprint density at radius 1 is 1.29 bits per heavy atom. The van der Waals surface area contributed by atoms with Gasteiger partial charge in [0.1, 0.15) is 5.54 Å². The van der Waals surface area contributed by atoms with E-state index in [0.717, 1.165) is 18.7 Å². The van der Waals surface area contributed by atoms with Crippen molar-refractivity contribution in [2.75, 3.05) is 13.1 Å². The molecule has 3 heterocycles. The third-order valence-corrected chi connectivity index (χ3v) is 5.31. The van der Waals surface area contributed by atoms with Crippen LogP contribution in [0, 0.1) is 0 Å². The number of urea groups is 1. The predicted molar refractivity (Wildman–Crippen MR) is 84.1 cm³/mol.